The van der Waals surface area contributed by atoms with Gasteiger partial charge < -0.3 is 5.32 Å². The lowest BCUT2D eigenvalue weighted by Gasteiger charge is -2.20. The molecule has 1 aromatic carbocycles. The number of rotatable bonds is 4. The third-order valence-corrected chi connectivity index (χ3v) is 3.11. The fourth-order valence-electron chi connectivity index (χ4n) is 1.16. The van der Waals surface area contributed by atoms with Gasteiger partial charge in [0.2, 0.25) is 5.91 Å². The quantitative estimate of drug-likeness (QED) is 0.836. The second kappa shape index (κ2) is 5.70. The molecule has 1 N–H and O–H groups in total. The highest BCUT2D eigenvalue weighted by Crippen LogP contribution is 2.20. The van der Waals surface area contributed by atoms with E-state index in [1.165, 1.54) is 0 Å². The minimum atomic E-state index is -0.590. The van der Waals surface area contributed by atoms with Gasteiger partial charge in [-0.15, -0.1) is 11.6 Å². The van der Waals surface area contributed by atoms with E-state index >= 15 is 0 Å². The summed E-state index contributed by atoms with van der Waals surface area (Å²) >= 11 is 5.72. The van der Waals surface area contributed by atoms with E-state index in [-0.39, 0.29) is 11.8 Å². The fraction of sp³-hybridized carbons (Fsp3) is 0.385. The van der Waals surface area contributed by atoms with Crippen LogP contribution in [0.3, 0.4) is 0 Å². The summed E-state index contributed by atoms with van der Waals surface area (Å²) in [5.74, 6) is 0.159. The van der Waals surface area contributed by atoms with Crippen molar-refractivity contribution in [3.05, 3.63) is 29.8 Å². The van der Waals surface area contributed by atoms with Crippen molar-refractivity contribution in [1.82, 2.24) is 0 Å². The number of benzene rings is 1. The topological polar surface area (TPSA) is 52.9 Å². The van der Waals surface area contributed by atoms with Crippen molar-refractivity contribution >= 4 is 23.2 Å². The van der Waals surface area contributed by atoms with Gasteiger partial charge in [-0.25, -0.2) is 0 Å². The number of carbonyl (C=O) groups is 1. The summed E-state index contributed by atoms with van der Waals surface area (Å²) in [4.78, 5) is 11.8. The predicted octanol–water partition coefficient (Wildman–Crippen LogP) is 2.96. The van der Waals surface area contributed by atoms with Crippen molar-refractivity contribution in [1.29, 1.82) is 5.26 Å². The Morgan fingerprint density at radius 2 is 2.00 bits per heavy atom. The zero-order chi connectivity index (χ0) is 12.9. The van der Waals surface area contributed by atoms with E-state index < -0.39 is 5.41 Å². The van der Waals surface area contributed by atoms with Crippen molar-refractivity contribution in [3.8, 4) is 6.07 Å². The molecule has 0 spiro atoms. The summed E-state index contributed by atoms with van der Waals surface area (Å²) in [5.41, 5.74) is 1.06. The number of halogens is 1. The monoisotopic (exact) mass is 250 g/mol. The molecule has 1 rings (SSSR count). The first kappa shape index (κ1) is 13.5. The van der Waals surface area contributed by atoms with Gasteiger partial charge in [0.15, 0.2) is 0 Å². The van der Waals surface area contributed by atoms with Gasteiger partial charge in [0, 0.05) is 11.6 Å². The van der Waals surface area contributed by atoms with E-state index in [2.05, 4.69) is 11.4 Å². The number of alkyl halides is 1. The Bertz CT molecular complexity index is 432. The molecule has 0 heterocycles. The SMILES string of the molecule is CC(C)(CCl)C(=O)Nc1ccc(CC#N)cc1. The molecule has 0 radical (unpaired) electrons. The number of hydrogen-bond acceptors (Lipinski definition) is 2. The molecule has 0 fully saturated rings. The van der Waals surface area contributed by atoms with Gasteiger partial charge in [-0.3, -0.25) is 4.79 Å². The van der Waals surface area contributed by atoms with Crippen LogP contribution < -0.4 is 5.32 Å². The Morgan fingerprint density at radius 3 is 2.47 bits per heavy atom. The molecule has 90 valence electrons. The zero-order valence-corrected chi connectivity index (χ0v) is 10.7. The van der Waals surface area contributed by atoms with E-state index in [1.807, 2.05) is 12.1 Å². The number of nitrogens with zero attached hydrogens (tertiary/aromatic N) is 1. The van der Waals surface area contributed by atoms with Crippen molar-refractivity contribution in [2.45, 2.75) is 20.3 Å². The lowest BCUT2D eigenvalue weighted by molar-refractivity contribution is -0.122. The number of hydrogen-bond donors (Lipinski definition) is 1. The average molecular weight is 251 g/mol. The molecule has 3 nitrogen and oxygen atoms in total. The van der Waals surface area contributed by atoms with Crippen LogP contribution in [0, 0.1) is 16.7 Å². The molecule has 0 aliphatic carbocycles. The maximum atomic E-state index is 11.8. The van der Waals surface area contributed by atoms with E-state index in [1.54, 1.807) is 26.0 Å². The highest BCUT2D eigenvalue weighted by atomic mass is 35.5. The molecule has 0 unspecified atom stereocenters. The lowest BCUT2D eigenvalue weighted by atomic mass is 9.95. The standard InChI is InChI=1S/C13H15ClN2O/c1-13(2,9-14)12(17)16-11-5-3-10(4-6-11)7-8-15/h3-6H,7,9H2,1-2H3,(H,16,17). The molecule has 4 heteroatoms. The molecule has 0 bridgehead atoms. The van der Waals surface area contributed by atoms with Crippen LogP contribution in [0.2, 0.25) is 0 Å². The van der Waals surface area contributed by atoms with Gasteiger partial charge in [0.1, 0.15) is 0 Å². The van der Waals surface area contributed by atoms with Crippen LogP contribution in [0.25, 0.3) is 0 Å². The Balaban J connectivity index is 2.70. The molecule has 0 saturated carbocycles. The average Bonchev–Trinajstić information content (AvgIpc) is 2.32. The fourth-order valence-corrected chi connectivity index (χ4v) is 1.28. The normalized spacial score (nSPS) is 10.7. The summed E-state index contributed by atoms with van der Waals surface area (Å²) in [7, 11) is 0. The van der Waals surface area contributed by atoms with Crippen LogP contribution in [0.4, 0.5) is 5.69 Å². The molecule has 1 aromatic rings. The van der Waals surface area contributed by atoms with E-state index in [4.69, 9.17) is 16.9 Å². The number of amides is 1. The molecule has 1 amide bonds. The van der Waals surface area contributed by atoms with Crippen LogP contribution in [0.5, 0.6) is 0 Å². The third kappa shape index (κ3) is 3.76. The van der Waals surface area contributed by atoms with Crippen molar-refractivity contribution in [3.63, 3.8) is 0 Å². The van der Waals surface area contributed by atoms with Crippen LogP contribution in [0.1, 0.15) is 19.4 Å². The van der Waals surface area contributed by atoms with Gasteiger partial charge in [-0.05, 0) is 31.5 Å². The molecule has 0 aromatic heterocycles. The van der Waals surface area contributed by atoms with E-state index in [0.29, 0.717) is 6.42 Å². The van der Waals surface area contributed by atoms with Crippen LogP contribution in [-0.2, 0) is 11.2 Å². The van der Waals surface area contributed by atoms with E-state index in [0.717, 1.165) is 11.3 Å². The molecular weight excluding hydrogens is 236 g/mol. The molecule has 0 aliphatic heterocycles. The predicted molar refractivity (Wildman–Crippen MR) is 68.9 cm³/mol. The second-order valence-corrected chi connectivity index (χ2v) is 4.77. The first-order valence-electron chi connectivity index (χ1n) is 5.33. The van der Waals surface area contributed by atoms with Gasteiger partial charge in [0.25, 0.3) is 0 Å². The summed E-state index contributed by atoms with van der Waals surface area (Å²) in [6, 6.07) is 9.30. The highest BCUT2D eigenvalue weighted by Gasteiger charge is 2.26. The minimum Gasteiger partial charge on any atom is -0.326 e. The molecule has 0 saturated heterocycles. The number of nitriles is 1. The van der Waals surface area contributed by atoms with Crippen LogP contribution >= 0.6 is 11.6 Å². The first-order chi connectivity index (χ1) is 7.99. The van der Waals surface area contributed by atoms with Gasteiger partial charge in [-0.1, -0.05) is 12.1 Å². The van der Waals surface area contributed by atoms with Gasteiger partial charge >= 0.3 is 0 Å². The molecular formula is C13H15ClN2O. The zero-order valence-electron chi connectivity index (χ0n) is 9.96. The van der Waals surface area contributed by atoms with Crippen molar-refractivity contribution < 1.29 is 4.79 Å². The van der Waals surface area contributed by atoms with Crippen molar-refractivity contribution in [2.75, 3.05) is 11.2 Å². The number of anilines is 1. The Hall–Kier alpha value is -1.53. The van der Waals surface area contributed by atoms with E-state index in [9.17, 15) is 4.79 Å². The summed E-state index contributed by atoms with van der Waals surface area (Å²) in [5, 5.41) is 11.3. The van der Waals surface area contributed by atoms with Crippen LogP contribution in [-0.4, -0.2) is 11.8 Å². The number of nitrogens with one attached hydrogen (secondary N) is 1. The first-order valence-corrected chi connectivity index (χ1v) is 5.86. The maximum Gasteiger partial charge on any atom is 0.231 e. The second-order valence-electron chi connectivity index (χ2n) is 4.50. The minimum absolute atomic E-state index is 0.111. The smallest absolute Gasteiger partial charge is 0.231 e. The largest absolute Gasteiger partial charge is 0.326 e. The Morgan fingerprint density at radius 1 is 1.41 bits per heavy atom. The lowest BCUT2D eigenvalue weighted by Crippen LogP contribution is -2.32. The molecule has 0 aliphatic rings. The van der Waals surface area contributed by atoms with Gasteiger partial charge in [-0.2, -0.15) is 5.26 Å². The molecule has 17 heavy (non-hydrogen) atoms. The highest BCUT2D eigenvalue weighted by molar-refractivity contribution is 6.20. The van der Waals surface area contributed by atoms with Crippen LogP contribution in [0.15, 0.2) is 24.3 Å². The van der Waals surface area contributed by atoms with Gasteiger partial charge in [0.05, 0.1) is 17.9 Å². The Labute approximate surface area is 106 Å². The third-order valence-electron chi connectivity index (χ3n) is 2.44. The summed E-state index contributed by atoms with van der Waals surface area (Å²) < 4.78 is 0. The Kier molecular flexibility index (Phi) is 4.53. The number of carbonyl (C=O) groups excluding carboxylic acids is 1. The van der Waals surface area contributed by atoms with Crippen molar-refractivity contribution in [2.24, 2.45) is 5.41 Å². The summed E-state index contributed by atoms with van der Waals surface area (Å²) in [6.45, 7) is 3.58. The molecule has 0 atom stereocenters. The summed E-state index contributed by atoms with van der Waals surface area (Å²) in [6.07, 6.45) is 0.376. The maximum absolute atomic E-state index is 11.8.